The molecule has 10 nitrogen and oxygen atoms in total. The Labute approximate surface area is 167 Å². The number of nitrogens with one attached hydrogen (secondary N) is 1. The van der Waals surface area contributed by atoms with Gasteiger partial charge in [-0.05, 0) is 33.6 Å². The summed E-state index contributed by atoms with van der Waals surface area (Å²) >= 11 is 0. The quantitative estimate of drug-likeness (QED) is 0.698. The summed E-state index contributed by atoms with van der Waals surface area (Å²) in [4.78, 5) is 23.5. The zero-order valence-electron chi connectivity index (χ0n) is 16.8. The second kappa shape index (κ2) is 5.99. The standard InChI is InChI=1S/C19H23N7O3/c1-11(2)29-16-12(15(27)22-14-5-20-25(4)24-14)6-26-7-13(21-17(26)23-16)19-8-18(3,9-19)28-10-19/h5-7,11H,8-10H2,1-4H3,(H,22,24,27). The second-order valence-electron chi connectivity index (χ2n) is 8.51. The topological polar surface area (TPSA) is 108 Å². The lowest BCUT2D eigenvalue weighted by Crippen LogP contribution is -2.45. The van der Waals surface area contributed by atoms with Gasteiger partial charge in [0.25, 0.3) is 5.91 Å². The van der Waals surface area contributed by atoms with Crippen LogP contribution in [0.3, 0.4) is 0 Å². The lowest BCUT2D eigenvalue weighted by molar-refractivity contribution is 0.0154. The Balaban J connectivity index is 1.52. The summed E-state index contributed by atoms with van der Waals surface area (Å²) in [5.74, 6) is 0.728. The molecule has 3 aromatic heterocycles. The highest BCUT2D eigenvalue weighted by atomic mass is 16.5. The SMILES string of the molecule is CC(C)Oc1nc2nc(C34COC(C)(C3)C4)cn2cc1C(=O)Nc1cnn(C)n1. The van der Waals surface area contributed by atoms with Gasteiger partial charge in [0.2, 0.25) is 11.7 Å². The Hall–Kier alpha value is -3.01. The molecule has 3 fully saturated rings. The normalized spacial score (nSPS) is 25.4. The molecule has 2 saturated heterocycles. The van der Waals surface area contributed by atoms with E-state index >= 15 is 0 Å². The molecule has 1 N–H and O–H groups in total. The Morgan fingerprint density at radius 3 is 2.72 bits per heavy atom. The average Bonchev–Trinajstić information content (AvgIpc) is 3.36. The fourth-order valence-corrected chi connectivity index (χ4v) is 4.37. The number of carbonyl (C=O) groups is 1. The van der Waals surface area contributed by atoms with E-state index < -0.39 is 0 Å². The number of carbonyl (C=O) groups excluding carboxylic acids is 1. The largest absolute Gasteiger partial charge is 0.474 e. The molecule has 152 valence electrons. The molecule has 3 aromatic rings. The number of anilines is 1. The van der Waals surface area contributed by atoms with Crippen LogP contribution in [0.25, 0.3) is 5.78 Å². The van der Waals surface area contributed by atoms with E-state index in [2.05, 4.69) is 27.4 Å². The van der Waals surface area contributed by atoms with E-state index in [0.29, 0.717) is 23.8 Å². The smallest absolute Gasteiger partial charge is 0.263 e. The van der Waals surface area contributed by atoms with Crippen LogP contribution in [0.4, 0.5) is 5.82 Å². The summed E-state index contributed by atoms with van der Waals surface area (Å²) in [5, 5.41) is 10.8. The van der Waals surface area contributed by atoms with Crippen LogP contribution in [0, 0.1) is 0 Å². The number of rotatable bonds is 5. The predicted molar refractivity (Wildman–Crippen MR) is 103 cm³/mol. The van der Waals surface area contributed by atoms with Gasteiger partial charge in [0.05, 0.1) is 30.2 Å². The zero-order chi connectivity index (χ0) is 20.4. The van der Waals surface area contributed by atoms with Crippen molar-refractivity contribution in [3.63, 3.8) is 0 Å². The van der Waals surface area contributed by atoms with Gasteiger partial charge in [-0.3, -0.25) is 9.20 Å². The first-order chi connectivity index (χ1) is 13.8. The van der Waals surface area contributed by atoms with Gasteiger partial charge in [0.15, 0.2) is 5.82 Å². The van der Waals surface area contributed by atoms with Crippen molar-refractivity contribution in [3.8, 4) is 5.88 Å². The molecule has 0 atom stereocenters. The van der Waals surface area contributed by atoms with E-state index in [0.717, 1.165) is 18.5 Å². The number of nitrogens with zero attached hydrogens (tertiary/aromatic N) is 6. The minimum Gasteiger partial charge on any atom is -0.474 e. The van der Waals surface area contributed by atoms with Gasteiger partial charge in [-0.15, -0.1) is 5.10 Å². The van der Waals surface area contributed by atoms with Crippen LogP contribution >= 0.6 is 0 Å². The van der Waals surface area contributed by atoms with Crippen molar-refractivity contribution in [1.29, 1.82) is 0 Å². The molecule has 2 aliphatic heterocycles. The first-order valence-electron chi connectivity index (χ1n) is 9.64. The molecule has 0 unspecified atom stereocenters. The van der Waals surface area contributed by atoms with Gasteiger partial charge >= 0.3 is 0 Å². The molecule has 1 aliphatic carbocycles. The van der Waals surface area contributed by atoms with Gasteiger partial charge in [0.1, 0.15) is 5.56 Å². The number of fused-ring (bicyclic) bond motifs is 2. The Morgan fingerprint density at radius 2 is 2.10 bits per heavy atom. The number of aromatic nitrogens is 6. The molecule has 3 aliphatic rings. The van der Waals surface area contributed by atoms with Crippen LogP contribution < -0.4 is 10.1 Å². The minimum absolute atomic E-state index is 0.0308. The van der Waals surface area contributed by atoms with Crippen LogP contribution in [0.5, 0.6) is 5.88 Å². The molecule has 0 radical (unpaired) electrons. The average molecular weight is 397 g/mol. The monoisotopic (exact) mass is 397 g/mol. The third kappa shape index (κ3) is 2.94. The van der Waals surface area contributed by atoms with Crippen LogP contribution in [0.15, 0.2) is 18.6 Å². The Bertz CT molecular complexity index is 1110. The summed E-state index contributed by atoms with van der Waals surface area (Å²) < 4.78 is 13.5. The molecule has 1 amide bonds. The molecule has 0 aromatic carbocycles. The van der Waals surface area contributed by atoms with Gasteiger partial charge < -0.3 is 14.8 Å². The lowest BCUT2D eigenvalue weighted by atomic mass is 9.62. The summed E-state index contributed by atoms with van der Waals surface area (Å²) in [6, 6.07) is 0. The third-order valence-corrected chi connectivity index (χ3v) is 5.51. The highest BCUT2D eigenvalue weighted by molar-refractivity contribution is 6.05. The second-order valence-corrected chi connectivity index (χ2v) is 8.51. The Kier molecular flexibility index (Phi) is 3.73. The van der Waals surface area contributed by atoms with E-state index in [1.54, 1.807) is 17.6 Å². The van der Waals surface area contributed by atoms with Crippen LogP contribution in [0.1, 0.15) is 49.7 Å². The Morgan fingerprint density at radius 1 is 1.31 bits per heavy atom. The van der Waals surface area contributed by atoms with Crippen molar-refractivity contribution >= 4 is 17.5 Å². The maximum Gasteiger partial charge on any atom is 0.263 e. The maximum absolute atomic E-state index is 12.9. The molecule has 6 rings (SSSR count). The van der Waals surface area contributed by atoms with Crippen molar-refractivity contribution in [2.45, 2.75) is 50.7 Å². The van der Waals surface area contributed by atoms with Gasteiger partial charge in [-0.2, -0.15) is 14.9 Å². The number of ether oxygens (including phenoxy) is 2. The fourth-order valence-electron chi connectivity index (χ4n) is 4.37. The number of amides is 1. The number of aryl methyl sites for hydroxylation is 1. The zero-order valence-corrected chi connectivity index (χ0v) is 16.8. The van der Waals surface area contributed by atoms with Crippen LogP contribution in [-0.4, -0.2) is 53.6 Å². The fraction of sp³-hybridized carbons (Fsp3) is 0.526. The van der Waals surface area contributed by atoms with E-state index in [-0.39, 0.29) is 28.9 Å². The van der Waals surface area contributed by atoms with Crippen molar-refractivity contribution in [2.24, 2.45) is 7.05 Å². The van der Waals surface area contributed by atoms with E-state index in [4.69, 9.17) is 14.5 Å². The highest BCUT2D eigenvalue weighted by Gasteiger charge is 2.61. The molecular formula is C19H23N7O3. The van der Waals surface area contributed by atoms with Crippen molar-refractivity contribution < 1.29 is 14.3 Å². The van der Waals surface area contributed by atoms with Crippen LogP contribution in [0.2, 0.25) is 0 Å². The highest BCUT2D eigenvalue weighted by Crippen LogP contribution is 2.58. The lowest BCUT2D eigenvalue weighted by Gasteiger charge is -2.41. The molecule has 0 spiro atoms. The molecule has 2 bridgehead atoms. The first kappa shape index (κ1) is 18.0. The minimum atomic E-state index is -0.371. The molecule has 29 heavy (non-hydrogen) atoms. The van der Waals surface area contributed by atoms with E-state index in [1.165, 1.54) is 11.0 Å². The predicted octanol–water partition coefficient (Wildman–Crippen LogP) is 1.72. The van der Waals surface area contributed by atoms with E-state index in [1.807, 2.05) is 20.0 Å². The third-order valence-electron chi connectivity index (χ3n) is 5.51. The van der Waals surface area contributed by atoms with Crippen molar-refractivity contribution in [3.05, 3.63) is 29.8 Å². The van der Waals surface area contributed by atoms with Gasteiger partial charge in [0, 0.05) is 24.9 Å². The number of imidazole rings is 1. The molecule has 5 heterocycles. The number of hydrogen-bond donors (Lipinski definition) is 1. The summed E-state index contributed by atoms with van der Waals surface area (Å²) in [6.07, 6.45) is 6.89. The van der Waals surface area contributed by atoms with Gasteiger partial charge in [-0.1, -0.05) is 0 Å². The maximum atomic E-state index is 12.9. The molecule has 1 saturated carbocycles. The summed E-state index contributed by atoms with van der Waals surface area (Å²) in [7, 11) is 1.68. The van der Waals surface area contributed by atoms with Gasteiger partial charge in [-0.25, -0.2) is 4.98 Å². The van der Waals surface area contributed by atoms with Crippen LogP contribution in [-0.2, 0) is 17.2 Å². The summed E-state index contributed by atoms with van der Waals surface area (Å²) in [5.41, 5.74) is 1.17. The molecule has 10 heteroatoms. The number of hydrogen-bond acceptors (Lipinski definition) is 7. The first-order valence-corrected chi connectivity index (χ1v) is 9.64. The molecular weight excluding hydrogens is 374 g/mol. The van der Waals surface area contributed by atoms with Crippen molar-refractivity contribution in [1.82, 2.24) is 29.4 Å². The summed E-state index contributed by atoms with van der Waals surface area (Å²) in [6.45, 7) is 6.58. The van der Waals surface area contributed by atoms with Crippen molar-refractivity contribution in [2.75, 3.05) is 11.9 Å². The van der Waals surface area contributed by atoms with E-state index in [9.17, 15) is 4.79 Å².